The highest BCUT2D eigenvalue weighted by Crippen LogP contribution is 2.06. The van der Waals surface area contributed by atoms with E-state index >= 15 is 0 Å². The molecule has 0 saturated heterocycles. The molecule has 3 heteroatoms. The van der Waals surface area contributed by atoms with Crippen molar-refractivity contribution in [2.75, 3.05) is 18.9 Å². The lowest BCUT2D eigenvalue weighted by Gasteiger charge is -2.05. The van der Waals surface area contributed by atoms with Crippen LogP contribution in [0.4, 0.5) is 5.69 Å². The number of aromatic nitrogens is 1. The number of anilines is 1. The summed E-state index contributed by atoms with van der Waals surface area (Å²) in [5.41, 5.74) is 9.03. The van der Waals surface area contributed by atoms with E-state index in [4.69, 9.17) is 10.5 Å². The van der Waals surface area contributed by atoms with E-state index in [0.717, 1.165) is 38.2 Å². The van der Waals surface area contributed by atoms with Crippen LogP contribution in [-0.4, -0.2) is 18.2 Å². The number of aryl methyl sites for hydroxylation is 1. The molecule has 0 aliphatic rings. The van der Waals surface area contributed by atoms with E-state index < -0.39 is 0 Å². The Kier molecular flexibility index (Phi) is 5.38. The maximum Gasteiger partial charge on any atom is 0.0506 e. The highest BCUT2D eigenvalue weighted by Gasteiger charge is 1.95. The Labute approximate surface area is 114 Å². The van der Waals surface area contributed by atoms with Gasteiger partial charge in [0.25, 0.3) is 0 Å². The van der Waals surface area contributed by atoms with Crippen molar-refractivity contribution in [3.05, 3.63) is 59.9 Å². The van der Waals surface area contributed by atoms with Crippen LogP contribution in [0.3, 0.4) is 0 Å². The largest absolute Gasteiger partial charge is 0.399 e. The van der Waals surface area contributed by atoms with Crippen molar-refractivity contribution in [3.63, 3.8) is 0 Å². The van der Waals surface area contributed by atoms with Gasteiger partial charge in [-0.1, -0.05) is 12.1 Å². The van der Waals surface area contributed by atoms with Gasteiger partial charge >= 0.3 is 0 Å². The molecule has 0 amide bonds. The van der Waals surface area contributed by atoms with Gasteiger partial charge in [0.15, 0.2) is 0 Å². The van der Waals surface area contributed by atoms with Crippen LogP contribution in [0, 0.1) is 0 Å². The van der Waals surface area contributed by atoms with Gasteiger partial charge in [0.2, 0.25) is 0 Å². The third kappa shape index (κ3) is 5.10. The Morgan fingerprint density at radius 1 is 0.842 bits per heavy atom. The number of hydrogen-bond acceptors (Lipinski definition) is 3. The smallest absolute Gasteiger partial charge is 0.0506 e. The molecule has 1 aromatic heterocycles. The van der Waals surface area contributed by atoms with Gasteiger partial charge in [-0.2, -0.15) is 0 Å². The average Bonchev–Trinajstić information content (AvgIpc) is 2.46. The molecule has 2 rings (SSSR count). The Hall–Kier alpha value is -1.87. The Morgan fingerprint density at radius 2 is 1.53 bits per heavy atom. The minimum Gasteiger partial charge on any atom is -0.399 e. The summed E-state index contributed by atoms with van der Waals surface area (Å²) >= 11 is 0. The maximum atomic E-state index is 5.64. The molecule has 0 fully saturated rings. The molecular formula is C16H20N2O. The van der Waals surface area contributed by atoms with Gasteiger partial charge in [-0.05, 0) is 54.7 Å². The van der Waals surface area contributed by atoms with Crippen molar-refractivity contribution < 1.29 is 4.74 Å². The van der Waals surface area contributed by atoms with Crippen LogP contribution >= 0.6 is 0 Å². The second kappa shape index (κ2) is 7.54. The number of nitrogens with zero attached hydrogens (tertiary/aromatic N) is 1. The molecule has 0 atom stereocenters. The zero-order chi connectivity index (χ0) is 13.3. The lowest BCUT2D eigenvalue weighted by atomic mass is 10.1. The quantitative estimate of drug-likeness (QED) is 0.612. The van der Waals surface area contributed by atoms with Crippen LogP contribution in [0.2, 0.25) is 0 Å². The third-order valence-corrected chi connectivity index (χ3v) is 3.02. The summed E-state index contributed by atoms with van der Waals surface area (Å²) < 4.78 is 5.64. The predicted octanol–water partition coefficient (Wildman–Crippen LogP) is 2.86. The normalized spacial score (nSPS) is 10.5. The SMILES string of the molecule is Nc1ccc(CCOCCCc2ccncc2)cc1. The highest BCUT2D eigenvalue weighted by atomic mass is 16.5. The number of rotatable bonds is 7. The first kappa shape index (κ1) is 13.6. The molecule has 2 aromatic rings. The number of pyridine rings is 1. The number of benzene rings is 1. The van der Waals surface area contributed by atoms with Crippen LogP contribution in [0.15, 0.2) is 48.8 Å². The summed E-state index contributed by atoms with van der Waals surface area (Å²) in [7, 11) is 0. The van der Waals surface area contributed by atoms with Gasteiger partial charge in [-0.25, -0.2) is 0 Å². The topological polar surface area (TPSA) is 48.1 Å². The van der Waals surface area contributed by atoms with E-state index in [2.05, 4.69) is 17.1 Å². The first-order valence-electron chi connectivity index (χ1n) is 6.65. The van der Waals surface area contributed by atoms with Gasteiger partial charge in [0, 0.05) is 24.7 Å². The molecule has 0 unspecified atom stereocenters. The average molecular weight is 256 g/mol. The van der Waals surface area contributed by atoms with Crippen LogP contribution in [0.1, 0.15) is 17.5 Å². The molecule has 3 nitrogen and oxygen atoms in total. The summed E-state index contributed by atoms with van der Waals surface area (Å²) in [6, 6.07) is 12.1. The maximum absolute atomic E-state index is 5.64. The molecule has 1 heterocycles. The second-order valence-corrected chi connectivity index (χ2v) is 4.56. The van der Waals surface area contributed by atoms with E-state index in [1.807, 2.05) is 36.7 Å². The minimum absolute atomic E-state index is 0.764. The molecule has 0 saturated carbocycles. The summed E-state index contributed by atoms with van der Waals surface area (Å²) in [6.45, 7) is 1.57. The van der Waals surface area contributed by atoms with Crippen molar-refractivity contribution in [1.82, 2.24) is 4.98 Å². The van der Waals surface area contributed by atoms with Gasteiger partial charge in [0.05, 0.1) is 6.61 Å². The molecule has 0 bridgehead atoms. The predicted molar refractivity (Wildman–Crippen MR) is 77.9 cm³/mol. The molecule has 0 aliphatic carbocycles. The van der Waals surface area contributed by atoms with Gasteiger partial charge in [-0.3, -0.25) is 4.98 Å². The van der Waals surface area contributed by atoms with Gasteiger partial charge < -0.3 is 10.5 Å². The van der Waals surface area contributed by atoms with Crippen molar-refractivity contribution in [1.29, 1.82) is 0 Å². The minimum atomic E-state index is 0.764. The van der Waals surface area contributed by atoms with Crippen LogP contribution in [0.25, 0.3) is 0 Å². The monoisotopic (exact) mass is 256 g/mol. The van der Waals surface area contributed by atoms with Gasteiger partial charge in [0.1, 0.15) is 0 Å². The molecule has 1 aromatic carbocycles. The number of nitrogens with two attached hydrogens (primary N) is 1. The first-order chi connectivity index (χ1) is 9.34. The molecular weight excluding hydrogens is 236 g/mol. The fourth-order valence-corrected chi connectivity index (χ4v) is 1.90. The summed E-state index contributed by atoms with van der Waals surface area (Å²) in [5.74, 6) is 0. The third-order valence-electron chi connectivity index (χ3n) is 3.02. The fraction of sp³-hybridized carbons (Fsp3) is 0.312. The van der Waals surface area contributed by atoms with E-state index in [9.17, 15) is 0 Å². The lowest BCUT2D eigenvalue weighted by molar-refractivity contribution is 0.135. The summed E-state index contributed by atoms with van der Waals surface area (Å²) in [6.07, 6.45) is 6.69. The Bertz CT molecular complexity index is 468. The molecule has 2 N–H and O–H groups in total. The molecule has 100 valence electrons. The van der Waals surface area contributed by atoms with E-state index in [-0.39, 0.29) is 0 Å². The number of ether oxygens (including phenoxy) is 1. The Balaban J connectivity index is 1.56. The molecule has 0 spiro atoms. The second-order valence-electron chi connectivity index (χ2n) is 4.56. The molecule has 19 heavy (non-hydrogen) atoms. The number of nitrogen functional groups attached to an aromatic ring is 1. The van der Waals surface area contributed by atoms with Crippen LogP contribution in [-0.2, 0) is 17.6 Å². The Morgan fingerprint density at radius 3 is 2.26 bits per heavy atom. The standard InChI is InChI=1S/C16H20N2O/c17-16-5-3-15(4-6-16)9-13-19-12-1-2-14-7-10-18-11-8-14/h3-8,10-11H,1-2,9,12-13,17H2. The van der Waals surface area contributed by atoms with Crippen molar-refractivity contribution in [2.24, 2.45) is 0 Å². The molecule has 0 aliphatic heterocycles. The molecule has 0 radical (unpaired) electrons. The van der Waals surface area contributed by atoms with E-state index in [1.165, 1.54) is 11.1 Å². The van der Waals surface area contributed by atoms with E-state index in [1.54, 1.807) is 0 Å². The summed E-state index contributed by atoms with van der Waals surface area (Å²) in [4.78, 5) is 4.00. The first-order valence-corrected chi connectivity index (χ1v) is 6.65. The van der Waals surface area contributed by atoms with Crippen molar-refractivity contribution in [2.45, 2.75) is 19.3 Å². The van der Waals surface area contributed by atoms with Crippen molar-refractivity contribution >= 4 is 5.69 Å². The zero-order valence-electron chi connectivity index (χ0n) is 11.1. The van der Waals surface area contributed by atoms with Gasteiger partial charge in [-0.15, -0.1) is 0 Å². The van der Waals surface area contributed by atoms with E-state index in [0.29, 0.717) is 0 Å². The summed E-state index contributed by atoms with van der Waals surface area (Å²) in [5, 5.41) is 0. The van der Waals surface area contributed by atoms with Crippen LogP contribution in [0.5, 0.6) is 0 Å². The lowest BCUT2D eigenvalue weighted by Crippen LogP contribution is -2.01. The van der Waals surface area contributed by atoms with Crippen molar-refractivity contribution in [3.8, 4) is 0 Å². The fourth-order valence-electron chi connectivity index (χ4n) is 1.90. The number of hydrogen-bond donors (Lipinski definition) is 1. The zero-order valence-corrected chi connectivity index (χ0v) is 11.1. The highest BCUT2D eigenvalue weighted by molar-refractivity contribution is 5.39. The van der Waals surface area contributed by atoms with Crippen LogP contribution < -0.4 is 5.73 Å².